The maximum Gasteiger partial charge on any atom is 0.306 e. The standard InChI is InChI=1S/C11H19NO6S2/c13-11(14)8-2-1-3-9(6-8)12-20(17,18)10-4-5-19(15,16)7-10/h8-10,12H,1-7H2,(H,13,14). The van der Waals surface area contributed by atoms with E-state index in [-0.39, 0.29) is 24.3 Å². The molecule has 2 aliphatic rings. The smallest absolute Gasteiger partial charge is 0.306 e. The zero-order valence-electron chi connectivity index (χ0n) is 11.0. The second kappa shape index (κ2) is 5.61. The Hall–Kier alpha value is -0.670. The Kier molecular flexibility index (Phi) is 4.41. The summed E-state index contributed by atoms with van der Waals surface area (Å²) in [4.78, 5) is 11.0. The van der Waals surface area contributed by atoms with Crippen LogP contribution in [0.5, 0.6) is 0 Å². The third-order valence-corrected chi connectivity index (χ3v) is 7.90. The number of carboxylic acids is 1. The molecule has 1 aliphatic carbocycles. The van der Waals surface area contributed by atoms with Gasteiger partial charge in [-0.15, -0.1) is 0 Å². The molecule has 3 atom stereocenters. The van der Waals surface area contributed by atoms with Crippen molar-refractivity contribution in [2.24, 2.45) is 5.92 Å². The van der Waals surface area contributed by atoms with Crippen LogP contribution in [0.2, 0.25) is 0 Å². The van der Waals surface area contributed by atoms with E-state index in [1.54, 1.807) is 0 Å². The molecule has 1 saturated heterocycles. The van der Waals surface area contributed by atoms with Crippen LogP contribution in [0, 0.1) is 5.92 Å². The highest BCUT2D eigenvalue weighted by Crippen LogP contribution is 2.26. The molecule has 0 aromatic rings. The Morgan fingerprint density at radius 3 is 2.45 bits per heavy atom. The molecule has 0 spiro atoms. The Morgan fingerprint density at radius 1 is 1.20 bits per heavy atom. The number of sulfonamides is 1. The number of rotatable bonds is 4. The summed E-state index contributed by atoms with van der Waals surface area (Å²) in [6.07, 6.45) is 2.21. The zero-order chi connectivity index (χ0) is 15.0. The summed E-state index contributed by atoms with van der Waals surface area (Å²) in [6, 6.07) is -0.404. The Labute approximate surface area is 118 Å². The molecular formula is C11H19NO6S2. The minimum Gasteiger partial charge on any atom is -0.481 e. The fourth-order valence-electron chi connectivity index (χ4n) is 2.86. The molecule has 1 aliphatic heterocycles. The number of hydrogen-bond donors (Lipinski definition) is 2. The summed E-state index contributed by atoms with van der Waals surface area (Å²) >= 11 is 0. The Bertz CT molecular complexity index is 582. The molecule has 0 aromatic carbocycles. The molecule has 0 aromatic heterocycles. The molecule has 1 saturated carbocycles. The van der Waals surface area contributed by atoms with E-state index in [2.05, 4.69) is 4.72 Å². The van der Waals surface area contributed by atoms with Crippen molar-refractivity contribution < 1.29 is 26.7 Å². The van der Waals surface area contributed by atoms with E-state index in [0.29, 0.717) is 19.3 Å². The normalized spacial score (nSPS) is 33.9. The van der Waals surface area contributed by atoms with Crippen LogP contribution in [-0.2, 0) is 24.7 Å². The molecular weight excluding hydrogens is 306 g/mol. The Balaban J connectivity index is 2.00. The predicted octanol–water partition coefficient (Wildman–Crippen LogP) is -0.264. The molecule has 0 bridgehead atoms. The highest BCUT2D eigenvalue weighted by atomic mass is 32.2. The third-order valence-electron chi connectivity index (χ3n) is 3.98. The first-order chi connectivity index (χ1) is 9.20. The fourth-order valence-corrected chi connectivity index (χ4v) is 7.19. The first-order valence-corrected chi connectivity index (χ1v) is 10.0. The summed E-state index contributed by atoms with van der Waals surface area (Å²) in [5, 5.41) is 8.07. The van der Waals surface area contributed by atoms with Crippen molar-refractivity contribution in [3.8, 4) is 0 Å². The lowest BCUT2D eigenvalue weighted by Crippen LogP contribution is -2.44. The van der Waals surface area contributed by atoms with Crippen LogP contribution >= 0.6 is 0 Å². The lowest BCUT2D eigenvalue weighted by atomic mass is 9.86. The predicted molar refractivity (Wildman–Crippen MR) is 72.5 cm³/mol. The van der Waals surface area contributed by atoms with Crippen molar-refractivity contribution in [3.05, 3.63) is 0 Å². The van der Waals surface area contributed by atoms with E-state index in [1.165, 1.54) is 0 Å². The molecule has 2 rings (SSSR count). The van der Waals surface area contributed by atoms with E-state index in [1.807, 2.05) is 0 Å². The van der Waals surface area contributed by atoms with Crippen LogP contribution in [0.15, 0.2) is 0 Å². The molecule has 116 valence electrons. The van der Waals surface area contributed by atoms with Crippen molar-refractivity contribution in [3.63, 3.8) is 0 Å². The first kappa shape index (κ1) is 15.7. The molecule has 20 heavy (non-hydrogen) atoms. The Morgan fingerprint density at radius 2 is 1.90 bits per heavy atom. The van der Waals surface area contributed by atoms with Gasteiger partial charge in [-0.1, -0.05) is 6.42 Å². The molecule has 0 amide bonds. The van der Waals surface area contributed by atoms with Gasteiger partial charge in [-0.2, -0.15) is 0 Å². The highest BCUT2D eigenvalue weighted by Gasteiger charge is 2.39. The number of nitrogens with one attached hydrogen (secondary N) is 1. The van der Waals surface area contributed by atoms with Gasteiger partial charge in [0, 0.05) is 6.04 Å². The highest BCUT2D eigenvalue weighted by molar-refractivity contribution is 7.95. The van der Waals surface area contributed by atoms with Crippen molar-refractivity contribution in [1.29, 1.82) is 0 Å². The van der Waals surface area contributed by atoms with Crippen LogP contribution in [0.3, 0.4) is 0 Å². The van der Waals surface area contributed by atoms with Gasteiger partial charge in [-0.25, -0.2) is 21.6 Å². The fraction of sp³-hybridized carbons (Fsp3) is 0.909. The summed E-state index contributed by atoms with van der Waals surface area (Å²) in [5.74, 6) is -1.86. The quantitative estimate of drug-likeness (QED) is 0.735. The lowest BCUT2D eigenvalue weighted by molar-refractivity contribution is -0.143. The zero-order valence-corrected chi connectivity index (χ0v) is 12.6. The van der Waals surface area contributed by atoms with Crippen LogP contribution in [0.25, 0.3) is 0 Å². The monoisotopic (exact) mass is 325 g/mol. The van der Waals surface area contributed by atoms with E-state index >= 15 is 0 Å². The van der Waals surface area contributed by atoms with Crippen molar-refractivity contribution >= 4 is 25.8 Å². The topological polar surface area (TPSA) is 118 Å². The maximum atomic E-state index is 12.1. The average molecular weight is 325 g/mol. The van der Waals surface area contributed by atoms with Gasteiger partial charge in [0.25, 0.3) is 0 Å². The number of carboxylic acid groups (broad SMARTS) is 1. The SMILES string of the molecule is O=C(O)C1CCCC(NS(=O)(=O)C2CCS(=O)(=O)C2)C1. The van der Waals surface area contributed by atoms with Crippen LogP contribution < -0.4 is 4.72 Å². The molecule has 0 radical (unpaired) electrons. The summed E-state index contributed by atoms with van der Waals surface area (Å²) in [7, 11) is -6.96. The van der Waals surface area contributed by atoms with Gasteiger partial charge in [0.2, 0.25) is 10.0 Å². The summed E-state index contributed by atoms with van der Waals surface area (Å²) in [5.41, 5.74) is 0. The van der Waals surface area contributed by atoms with E-state index in [4.69, 9.17) is 5.11 Å². The molecule has 7 nitrogen and oxygen atoms in total. The van der Waals surface area contributed by atoms with Crippen molar-refractivity contribution in [2.75, 3.05) is 11.5 Å². The van der Waals surface area contributed by atoms with Crippen LogP contribution in [-0.4, -0.2) is 50.7 Å². The summed E-state index contributed by atoms with van der Waals surface area (Å²) in [6.45, 7) is 0. The maximum absolute atomic E-state index is 12.1. The van der Waals surface area contributed by atoms with Gasteiger partial charge in [-0.3, -0.25) is 4.79 Å². The van der Waals surface area contributed by atoms with Gasteiger partial charge in [0.1, 0.15) is 0 Å². The van der Waals surface area contributed by atoms with Crippen LogP contribution in [0.1, 0.15) is 32.1 Å². The molecule has 1 heterocycles. The molecule has 3 unspecified atom stereocenters. The van der Waals surface area contributed by atoms with Crippen molar-refractivity contribution in [1.82, 2.24) is 4.72 Å². The van der Waals surface area contributed by atoms with Gasteiger partial charge < -0.3 is 5.11 Å². The number of sulfone groups is 1. The summed E-state index contributed by atoms with van der Waals surface area (Å²) < 4.78 is 49.5. The number of carbonyl (C=O) groups is 1. The van der Waals surface area contributed by atoms with E-state index < -0.39 is 43.0 Å². The molecule has 9 heteroatoms. The van der Waals surface area contributed by atoms with Crippen LogP contribution in [0.4, 0.5) is 0 Å². The molecule has 2 N–H and O–H groups in total. The van der Waals surface area contributed by atoms with Gasteiger partial charge in [-0.05, 0) is 25.7 Å². The molecule has 2 fully saturated rings. The average Bonchev–Trinajstić information content (AvgIpc) is 2.70. The minimum absolute atomic E-state index is 0.0962. The third kappa shape index (κ3) is 3.70. The lowest BCUT2D eigenvalue weighted by Gasteiger charge is -2.28. The second-order valence-electron chi connectivity index (χ2n) is 5.59. The minimum atomic E-state index is -3.70. The number of hydrogen-bond acceptors (Lipinski definition) is 5. The largest absolute Gasteiger partial charge is 0.481 e. The van der Waals surface area contributed by atoms with Gasteiger partial charge in [0.05, 0.1) is 22.7 Å². The van der Waals surface area contributed by atoms with Gasteiger partial charge in [0.15, 0.2) is 9.84 Å². The van der Waals surface area contributed by atoms with Gasteiger partial charge >= 0.3 is 5.97 Å². The van der Waals surface area contributed by atoms with E-state index in [0.717, 1.165) is 0 Å². The second-order valence-corrected chi connectivity index (χ2v) is 9.81. The first-order valence-electron chi connectivity index (χ1n) is 6.64. The number of aliphatic carboxylic acids is 1. The van der Waals surface area contributed by atoms with Crippen molar-refractivity contribution in [2.45, 2.75) is 43.4 Å². The van der Waals surface area contributed by atoms with E-state index in [9.17, 15) is 21.6 Å².